The van der Waals surface area contributed by atoms with Crippen LogP contribution in [-0.2, 0) is 11.5 Å². The fourth-order valence-electron chi connectivity index (χ4n) is 1.26. The second kappa shape index (κ2) is 7.09. The molecule has 2 rings (SSSR count). The summed E-state index contributed by atoms with van der Waals surface area (Å²) in [5.74, 6) is 3.00. The summed E-state index contributed by atoms with van der Waals surface area (Å²) < 4.78 is 5.09. The Morgan fingerprint density at radius 2 is 2.06 bits per heavy atom. The largest absolute Gasteiger partial charge is 0.338 e. The molecule has 0 amide bonds. The third-order valence-electron chi connectivity index (χ3n) is 2.01. The van der Waals surface area contributed by atoms with Crippen LogP contribution in [0.2, 0.25) is 0 Å². The number of hydrogen-bond acceptors (Lipinski definition) is 6. The van der Waals surface area contributed by atoms with Gasteiger partial charge in [0.05, 0.1) is 23.3 Å². The first-order valence-corrected chi connectivity index (χ1v) is 7.46. The predicted octanol–water partition coefficient (Wildman–Crippen LogP) is 3.12. The van der Waals surface area contributed by atoms with Crippen molar-refractivity contribution in [1.82, 2.24) is 10.1 Å². The summed E-state index contributed by atoms with van der Waals surface area (Å²) in [5, 5.41) is 12.3. The molecule has 0 fully saturated rings. The van der Waals surface area contributed by atoms with Gasteiger partial charge in [0.1, 0.15) is 0 Å². The van der Waals surface area contributed by atoms with Crippen LogP contribution in [0, 0.1) is 11.3 Å². The molecule has 1 heterocycles. The summed E-state index contributed by atoms with van der Waals surface area (Å²) in [6.45, 7) is 0. The fraction of sp³-hybridized carbons (Fsp3) is 0.250. The van der Waals surface area contributed by atoms with Crippen molar-refractivity contribution in [3.05, 3.63) is 42.0 Å². The molecule has 6 heteroatoms. The molecule has 1 aromatic heterocycles. The first kappa shape index (κ1) is 13.0. The normalized spacial score (nSPS) is 10.2. The SMILES string of the molecule is N#CCSCc1nc(CSc2ccccc2)no1. The average molecular weight is 277 g/mol. The van der Waals surface area contributed by atoms with E-state index >= 15 is 0 Å². The molecule has 4 nitrogen and oxygen atoms in total. The lowest BCUT2D eigenvalue weighted by Gasteiger charge is -1.96. The number of rotatable bonds is 6. The zero-order valence-corrected chi connectivity index (χ0v) is 11.2. The molecule has 0 atom stereocenters. The van der Waals surface area contributed by atoms with Gasteiger partial charge in [-0.15, -0.1) is 23.5 Å². The number of thioether (sulfide) groups is 2. The first-order chi connectivity index (χ1) is 8.88. The first-order valence-electron chi connectivity index (χ1n) is 5.32. The van der Waals surface area contributed by atoms with Crippen LogP contribution >= 0.6 is 23.5 Å². The van der Waals surface area contributed by atoms with Crippen LogP contribution in [0.1, 0.15) is 11.7 Å². The van der Waals surface area contributed by atoms with E-state index in [4.69, 9.17) is 9.78 Å². The third-order valence-corrected chi connectivity index (χ3v) is 3.81. The zero-order valence-electron chi connectivity index (χ0n) is 9.57. The van der Waals surface area contributed by atoms with Crippen molar-refractivity contribution in [3.63, 3.8) is 0 Å². The van der Waals surface area contributed by atoms with Gasteiger partial charge in [0.25, 0.3) is 0 Å². The second-order valence-electron chi connectivity index (χ2n) is 3.36. The molecule has 0 aliphatic rings. The van der Waals surface area contributed by atoms with Crippen LogP contribution in [0.15, 0.2) is 39.8 Å². The van der Waals surface area contributed by atoms with Gasteiger partial charge in [-0.1, -0.05) is 23.4 Å². The monoisotopic (exact) mass is 277 g/mol. The maximum absolute atomic E-state index is 8.42. The standard InChI is InChI=1S/C12H11N3OS2/c13-6-7-17-9-12-14-11(15-16-12)8-18-10-4-2-1-3-5-10/h1-5H,7-9H2. The zero-order chi connectivity index (χ0) is 12.6. The minimum Gasteiger partial charge on any atom is -0.338 e. The maximum atomic E-state index is 8.42. The number of aromatic nitrogens is 2. The molecular formula is C12H11N3OS2. The third kappa shape index (κ3) is 4.09. The average Bonchev–Trinajstić information content (AvgIpc) is 2.86. The van der Waals surface area contributed by atoms with E-state index in [9.17, 15) is 0 Å². The van der Waals surface area contributed by atoms with Crippen molar-refractivity contribution in [2.24, 2.45) is 0 Å². The van der Waals surface area contributed by atoms with Crippen LogP contribution in [-0.4, -0.2) is 15.9 Å². The van der Waals surface area contributed by atoms with Gasteiger partial charge in [0.2, 0.25) is 5.89 Å². The Kier molecular flexibility index (Phi) is 5.12. The highest BCUT2D eigenvalue weighted by molar-refractivity contribution is 7.98. The Morgan fingerprint density at radius 3 is 2.83 bits per heavy atom. The highest BCUT2D eigenvalue weighted by Gasteiger charge is 2.06. The van der Waals surface area contributed by atoms with Crippen LogP contribution in [0.4, 0.5) is 0 Å². The van der Waals surface area contributed by atoms with Crippen molar-refractivity contribution in [3.8, 4) is 6.07 Å². The van der Waals surface area contributed by atoms with E-state index < -0.39 is 0 Å². The summed E-state index contributed by atoms with van der Waals surface area (Å²) in [7, 11) is 0. The Balaban J connectivity index is 1.82. The highest BCUT2D eigenvalue weighted by atomic mass is 32.2. The summed E-state index contributed by atoms with van der Waals surface area (Å²) in [6.07, 6.45) is 0. The molecular weight excluding hydrogens is 266 g/mol. The summed E-state index contributed by atoms with van der Waals surface area (Å²) in [5.41, 5.74) is 0. The Bertz CT molecular complexity index is 522. The highest BCUT2D eigenvalue weighted by Crippen LogP contribution is 2.21. The van der Waals surface area contributed by atoms with Crippen molar-refractivity contribution in [2.75, 3.05) is 5.75 Å². The van der Waals surface area contributed by atoms with E-state index in [1.807, 2.05) is 18.2 Å². The van der Waals surface area contributed by atoms with E-state index in [-0.39, 0.29) is 0 Å². The molecule has 92 valence electrons. The van der Waals surface area contributed by atoms with Crippen molar-refractivity contribution in [2.45, 2.75) is 16.4 Å². The molecule has 0 unspecified atom stereocenters. The minimum atomic E-state index is 0.441. The van der Waals surface area contributed by atoms with Gasteiger partial charge >= 0.3 is 0 Å². The minimum absolute atomic E-state index is 0.441. The van der Waals surface area contributed by atoms with Crippen molar-refractivity contribution in [1.29, 1.82) is 5.26 Å². The van der Waals surface area contributed by atoms with E-state index in [0.717, 1.165) is 0 Å². The number of hydrogen-bond donors (Lipinski definition) is 0. The van der Waals surface area contributed by atoms with Gasteiger partial charge in [0.15, 0.2) is 5.82 Å². The van der Waals surface area contributed by atoms with E-state index in [0.29, 0.717) is 29.0 Å². The molecule has 0 N–H and O–H groups in total. The molecule has 0 bridgehead atoms. The molecule has 0 saturated heterocycles. The molecule has 0 radical (unpaired) electrons. The number of nitrogens with zero attached hydrogens (tertiary/aromatic N) is 3. The molecule has 18 heavy (non-hydrogen) atoms. The van der Waals surface area contributed by atoms with E-state index in [2.05, 4.69) is 28.3 Å². The topological polar surface area (TPSA) is 62.7 Å². The lowest BCUT2D eigenvalue weighted by atomic mass is 10.4. The number of benzene rings is 1. The summed E-state index contributed by atoms with van der Waals surface area (Å²) in [4.78, 5) is 5.45. The molecule has 0 saturated carbocycles. The van der Waals surface area contributed by atoms with Gasteiger partial charge in [0, 0.05) is 4.90 Å². The van der Waals surface area contributed by atoms with Gasteiger partial charge in [-0.2, -0.15) is 10.2 Å². The smallest absolute Gasteiger partial charge is 0.236 e. The predicted molar refractivity (Wildman–Crippen MR) is 72.1 cm³/mol. The fourth-order valence-corrected chi connectivity index (χ4v) is 2.50. The number of nitriles is 1. The van der Waals surface area contributed by atoms with Crippen LogP contribution in [0.5, 0.6) is 0 Å². The summed E-state index contributed by atoms with van der Waals surface area (Å²) in [6, 6.07) is 12.2. The van der Waals surface area contributed by atoms with Gasteiger partial charge in [-0.3, -0.25) is 0 Å². The molecule has 0 aliphatic carbocycles. The van der Waals surface area contributed by atoms with Crippen LogP contribution in [0.3, 0.4) is 0 Å². The maximum Gasteiger partial charge on any atom is 0.236 e. The second-order valence-corrected chi connectivity index (χ2v) is 5.39. The lowest BCUT2D eigenvalue weighted by molar-refractivity contribution is 0.386. The molecule has 0 spiro atoms. The Hall–Kier alpha value is -1.45. The van der Waals surface area contributed by atoms with Crippen molar-refractivity contribution >= 4 is 23.5 Å². The van der Waals surface area contributed by atoms with E-state index in [1.54, 1.807) is 11.8 Å². The van der Waals surface area contributed by atoms with Gasteiger partial charge in [-0.25, -0.2) is 0 Å². The molecule has 2 aromatic rings. The summed E-state index contributed by atoms with van der Waals surface area (Å²) >= 11 is 3.14. The Labute approximate surface area is 114 Å². The van der Waals surface area contributed by atoms with Gasteiger partial charge in [-0.05, 0) is 12.1 Å². The molecule has 1 aromatic carbocycles. The van der Waals surface area contributed by atoms with Crippen LogP contribution in [0.25, 0.3) is 0 Å². The van der Waals surface area contributed by atoms with E-state index in [1.165, 1.54) is 16.7 Å². The van der Waals surface area contributed by atoms with Crippen molar-refractivity contribution < 1.29 is 4.52 Å². The molecule has 0 aliphatic heterocycles. The quantitative estimate of drug-likeness (QED) is 0.597. The Morgan fingerprint density at radius 1 is 1.22 bits per heavy atom. The van der Waals surface area contributed by atoms with Gasteiger partial charge < -0.3 is 4.52 Å². The van der Waals surface area contributed by atoms with Crippen LogP contribution < -0.4 is 0 Å². The lowest BCUT2D eigenvalue weighted by Crippen LogP contribution is -1.85.